The van der Waals surface area contributed by atoms with Crippen molar-refractivity contribution in [1.82, 2.24) is 10.2 Å². The summed E-state index contributed by atoms with van der Waals surface area (Å²) in [5.41, 5.74) is -1.09. The third-order valence-corrected chi connectivity index (χ3v) is 6.94. The molecule has 3 atom stereocenters. The number of carbonyl (C=O) groups excluding carboxylic acids is 3. The Hall–Kier alpha value is -2.34. The normalized spacial score (nSPS) is 30.3. The lowest BCUT2D eigenvalue weighted by atomic mass is 9.92. The molecule has 1 aliphatic carbocycles. The molecule has 4 rings (SSSR count). The number of hydrogen-bond donors (Lipinski definition) is 2. The van der Waals surface area contributed by atoms with Crippen LogP contribution < -0.4 is 10.6 Å². The lowest BCUT2D eigenvalue weighted by Crippen LogP contribution is -2.64. The fraction of sp³-hybridized carbons (Fsp3) is 0.542. The Bertz CT molecular complexity index is 887. The zero-order chi connectivity index (χ0) is 21.8. The highest BCUT2D eigenvalue weighted by atomic mass is 35.5. The Kier molecular flexibility index (Phi) is 6.65. The van der Waals surface area contributed by atoms with Gasteiger partial charge in [0.05, 0.1) is 10.7 Å². The maximum atomic E-state index is 13.6. The minimum Gasteiger partial charge on any atom is -0.350 e. The maximum absolute atomic E-state index is 13.6. The lowest BCUT2D eigenvalue weighted by molar-refractivity contribution is -0.151. The molecule has 31 heavy (non-hydrogen) atoms. The van der Waals surface area contributed by atoms with Gasteiger partial charge in [-0.05, 0) is 56.6 Å². The highest BCUT2D eigenvalue weighted by Crippen LogP contribution is 2.37. The molecular formula is C24H30ClN3O3. The third-order valence-electron chi connectivity index (χ3n) is 6.61. The average molecular weight is 444 g/mol. The first-order chi connectivity index (χ1) is 15.0. The monoisotopic (exact) mass is 443 g/mol. The van der Waals surface area contributed by atoms with Gasteiger partial charge in [-0.3, -0.25) is 14.4 Å². The van der Waals surface area contributed by atoms with Crippen LogP contribution in [0.5, 0.6) is 0 Å². The largest absolute Gasteiger partial charge is 0.350 e. The van der Waals surface area contributed by atoms with Crippen molar-refractivity contribution in [3.63, 3.8) is 0 Å². The Balaban J connectivity index is 1.62. The molecule has 2 fully saturated rings. The average Bonchev–Trinajstić information content (AvgIpc) is 3.31. The van der Waals surface area contributed by atoms with E-state index in [0.717, 1.165) is 38.5 Å². The molecule has 0 radical (unpaired) electrons. The number of para-hydroxylation sites is 1. The van der Waals surface area contributed by atoms with Gasteiger partial charge in [0.1, 0.15) is 0 Å². The molecule has 1 saturated heterocycles. The van der Waals surface area contributed by atoms with Crippen LogP contribution in [-0.2, 0) is 14.4 Å². The second kappa shape index (κ2) is 9.43. The fourth-order valence-electron chi connectivity index (χ4n) is 4.70. The van der Waals surface area contributed by atoms with Crippen molar-refractivity contribution < 1.29 is 14.4 Å². The van der Waals surface area contributed by atoms with E-state index in [0.29, 0.717) is 42.4 Å². The Morgan fingerprint density at radius 3 is 2.77 bits per heavy atom. The maximum Gasteiger partial charge on any atom is 0.260 e. The molecule has 3 unspecified atom stereocenters. The predicted octanol–water partition coefficient (Wildman–Crippen LogP) is 4.05. The summed E-state index contributed by atoms with van der Waals surface area (Å²) in [5.74, 6) is -0.676. The SMILES string of the molecule is O=C1CCCCCC/C=C\C2CC2NC(=O)C2(C(=O)Nc3ccccc3Cl)CCCN12. The molecule has 2 aliphatic heterocycles. The van der Waals surface area contributed by atoms with E-state index in [9.17, 15) is 14.4 Å². The van der Waals surface area contributed by atoms with Gasteiger partial charge < -0.3 is 15.5 Å². The van der Waals surface area contributed by atoms with Crippen LogP contribution in [0.4, 0.5) is 5.69 Å². The molecule has 166 valence electrons. The van der Waals surface area contributed by atoms with Gasteiger partial charge in [0.15, 0.2) is 0 Å². The Morgan fingerprint density at radius 2 is 1.94 bits per heavy atom. The number of allylic oxidation sites excluding steroid dienone is 1. The molecule has 0 aromatic heterocycles. The number of rotatable bonds is 2. The summed E-state index contributed by atoms with van der Waals surface area (Å²) < 4.78 is 0. The molecule has 2 heterocycles. The summed E-state index contributed by atoms with van der Waals surface area (Å²) in [6.45, 7) is 0.413. The Morgan fingerprint density at radius 1 is 1.13 bits per heavy atom. The van der Waals surface area contributed by atoms with E-state index in [-0.39, 0.29) is 17.9 Å². The molecule has 3 aliphatic rings. The number of amides is 3. The fourth-order valence-corrected chi connectivity index (χ4v) is 4.88. The van der Waals surface area contributed by atoms with Gasteiger partial charge in [0, 0.05) is 19.0 Å². The highest BCUT2D eigenvalue weighted by Gasteiger charge is 2.56. The molecule has 1 aromatic rings. The smallest absolute Gasteiger partial charge is 0.260 e. The van der Waals surface area contributed by atoms with E-state index in [1.165, 1.54) is 4.90 Å². The minimum absolute atomic E-state index is 0.0245. The van der Waals surface area contributed by atoms with Crippen LogP contribution in [0.2, 0.25) is 5.02 Å². The van der Waals surface area contributed by atoms with E-state index in [1.54, 1.807) is 24.3 Å². The molecule has 1 aromatic carbocycles. The van der Waals surface area contributed by atoms with E-state index in [1.807, 2.05) is 0 Å². The molecule has 1 saturated carbocycles. The van der Waals surface area contributed by atoms with E-state index < -0.39 is 11.4 Å². The number of fused-ring (bicyclic) bond motifs is 2. The number of nitrogens with one attached hydrogen (secondary N) is 2. The number of benzene rings is 1. The number of anilines is 1. The van der Waals surface area contributed by atoms with Gasteiger partial charge in [0.2, 0.25) is 11.4 Å². The van der Waals surface area contributed by atoms with Gasteiger partial charge >= 0.3 is 0 Å². The van der Waals surface area contributed by atoms with Crippen LogP contribution in [0.3, 0.4) is 0 Å². The first-order valence-electron chi connectivity index (χ1n) is 11.4. The van der Waals surface area contributed by atoms with Crippen molar-refractivity contribution in [3.05, 3.63) is 41.4 Å². The van der Waals surface area contributed by atoms with Crippen molar-refractivity contribution in [1.29, 1.82) is 0 Å². The van der Waals surface area contributed by atoms with Gasteiger partial charge in [-0.1, -0.05) is 48.7 Å². The van der Waals surface area contributed by atoms with Crippen LogP contribution in [0, 0.1) is 5.92 Å². The lowest BCUT2D eigenvalue weighted by Gasteiger charge is -2.36. The summed E-state index contributed by atoms with van der Waals surface area (Å²) in [5, 5.41) is 6.28. The van der Waals surface area contributed by atoms with Gasteiger partial charge in [-0.15, -0.1) is 0 Å². The first-order valence-corrected chi connectivity index (χ1v) is 11.7. The summed E-state index contributed by atoms with van der Waals surface area (Å²) in [6.07, 6.45) is 11.5. The molecular weight excluding hydrogens is 414 g/mol. The van der Waals surface area contributed by atoms with Gasteiger partial charge in [-0.25, -0.2) is 0 Å². The van der Waals surface area contributed by atoms with E-state index in [4.69, 9.17) is 11.6 Å². The van der Waals surface area contributed by atoms with Gasteiger partial charge in [0.25, 0.3) is 11.8 Å². The topological polar surface area (TPSA) is 78.5 Å². The summed E-state index contributed by atoms with van der Waals surface area (Å²) in [7, 11) is 0. The summed E-state index contributed by atoms with van der Waals surface area (Å²) in [6, 6.07) is 6.96. The standard InChI is InChI=1S/C24H30ClN3O3/c25-18-11-7-8-12-19(18)26-22(30)24-14-9-15-28(24)21(29)13-6-4-2-1-3-5-10-17-16-20(17)27-23(24)31/h5,7-8,10-12,17,20H,1-4,6,9,13-16H2,(H,26,30)(H,27,31)/b10-5-. The molecule has 0 spiro atoms. The first kappa shape index (κ1) is 21.9. The van der Waals surface area contributed by atoms with Crippen molar-refractivity contribution in [2.24, 2.45) is 5.92 Å². The molecule has 3 amide bonds. The van der Waals surface area contributed by atoms with Crippen molar-refractivity contribution >= 4 is 35.0 Å². The van der Waals surface area contributed by atoms with Crippen LogP contribution in [-0.4, -0.2) is 40.7 Å². The van der Waals surface area contributed by atoms with E-state index >= 15 is 0 Å². The van der Waals surface area contributed by atoms with Crippen molar-refractivity contribution in [2.45, 2.75) is 69.4 Å². The third kappa shape index (κ3) is 4.64. The molecule has 0 bridgehead atoms. The van der Waals surface area contributed by atoms with Gasteiger partial charge in [-0.2, -0.15) is 0 Å². The quantitative estimate of drug-likeness (QED) is 0.534. The second-order valence-corrected chi connectivity index (χ2v) is 9.21. The van der Waals surface area contributed by atoms with Crippen molar-refractivity contribution in [2.75, 3.05) is 11.9 Å². The highest BCUT2D eigenvalue weighted by molar-refractivity contribution is 6.34. The molecule has 6 nitrogen and oxygen atoms in total. The number of carbonyl (C=O) groups is 3. The molecule has 2 N–H and O–H groups in total. The number of nitrogens with zero attached hydrogens (tertiary/aromatic N) is 1. The summed E-state index contributed by atoms with van der Waals surface area (Å²) in [4.78, 5) is 41.7. The predicted molar refractivity (Wildman–Crippen MR) is 121 cm³/mol. The van der Waals surface area contributed by atoms with Crippen molar-refractivity contribution in [3.8, 4) is 0 Å². The van der Waals surface area contributed by atoms with Crippen LogP contribution in [0.25, 0.3) is 0 Å². The zero-order valence-electron chi connectivity index (χ0n) is 17.7. The minimum atomic E-state index is -1.53. The van der Waals surface area contributed by atoms with Crippen LogP contribution in [0.1, 0.15) is 57.8 Å². The Labute approximate surface area is 188 Å². The zero-order valence-corrected chi connectivity index (χ0v) is 18.5. The number of hydrogen-bond acceptors (Lipinski definition) is 3. The van der Waals surface area contributed by atoms with Crippen LogP contribution in [0.15, 0.2) is 36.4 Å². The summed E-state index contributed by atoms with van der Waals surface area (Å²) >= 11 is 6.23. The second-order valence-electron chi connectivity index (χ2n) is 8.80. The number of halogens is 1. The van der Waals surface area contributed by atoms with E-state index in [2.05, 4.69) is 22.8 Å². The molecule has 7 heteroatoms. The van der Waals surface area contributed by atoms with Crippen LogP contribution >= 0.6 is 11.6 Å².